The highest BCUT2D eigenvalue weighted by molar-refractivity contribution is 6.01. The van der Waals surface area contributed by atoms with E-state index in [1.807, 2.05) is 18.2 Å². The molecule has 4 N–H and O–H groups in total. The molecule has 0 spiro atoms. The lowest BCUT2D eigenvalue weighted by atomic mass is 10.0. The quantitative estimate of drug-likeness (QED) is 0.699. The summed E-state index contributed by atoms with van der Waals surface area (Å²) in [6.07, 6.45) is 0. The highest BCUT2D eigenvalue weighted by Gasteiger charge is 2.09. The largest absolute Gasteiger partial charge is 0.383 e. The van der Waals surface area contributed by atoms with Crippen LogP contribution in [-0.4, -0.2) is 9.97 Å². The van der Waals surface area contributed by atoms with Crippen LogP contribution >= 0.6 is 0 Å². The van der Waals surface area contributed by atoms with E-state index in [9.17, 15) is 4.39 Å². The molecule has 4 nitrogen and oxygen atoms in total. The number of nitrogens with zero attached hydrogens (tertiary/aromatic N) is 2. The average molecular weight is 254 g/mol. The van der Waals surface area contributed by atoms with Crippen LogP contribution in [0.4, 0.5) is 16.2 Å². The van der Waals surface area contributed by atoms with Crippen molar-refractivity contribution < 1.29 is 4.39 Å². The van der Waals surface area contributed by atoms with Crippen molar-refractivity contribution in [2.75, 3.05) is 11.5 Å². The van der Waals surface area contributed by atoms with Crippen molar-refractivity contribution in [2.24, 2.45) is 0 Å². The van der Waals surface area contributed by atoms with Crippen molar-refractivity contribution in [2.45, 2.75) is 0 Å². The molecule has 94 valence electrons. The summed E-state index contributed by atoms with van der Waals surface area (Å²) in [6, 6.07) is 11.8. The van der Waals surface area contributed by atoms with Gasteiger partial charge >= 0.3 is 0 Å². The van der Waals surface area contributed by atoms with Gasteiger partial charge in [0.2, 0.25) is 5.95 Å². The maximum Gasteiger partial charge on any atom is 0.222 e. The van der Waals surface area contributed by atoms with Gasteiger partial charge in [0, 0.05) is 0 Å². The van der Waals surface area contributed by atoms with Crippen LogP contribution in [0.5, 0.6) is 0 Å². The molecule has 5 heteroatoms. The smallest absolute Gasteiger partial charge is 0.222 e. The minimum absolute atomic E-state index is 0.140. The van der Waals surface area contributed by atoms with Crippen LogP contribution in [0.2, 0.25) is 0 Å². The molecule has 0 aliphatic heterocycles. The number of benzene rings is 2. The van der Waals surface area contributed by atoms with E-state index in [0.29, 0.717) is 11.3 Å². The van der Waals surface area contributed by atoms with Gasteiger partial charge in [-0.1, -0.05) is 24.3 Å². The summed E-state index contributed by atoms with van der Waals surface area (Å²) in [5.74, 6) is 0.182. The lowest BCUT2D eigenvalue weighted by Gasteiger charge is -2.08. The number of nitrogens with two attached hydrogens (primary N) is 2. The maximum absolute atomic E-state index is 13.0. The molecule has 1 heterocycles. The zero-order valence-corrected chi connectivity index (χ0v) is 9.97. The summed E-state index contributed by atoms with van der Waals surface area (Å²) in [7, 11) is 0. The summed E-state index contributed by atoms with van der Waals surface area (Å²) in [5, 5.41) is 0.725. The number of anilines is 2. The van der Waals surface area contributed by atoms with E-state index in [-0.39, 0.29) is 11.8 Å². The topological polar surface area (TPSA) is 77.8 Å². The van der Waals surface area contributed by atoms with Crippen LogP contribution in [0.15, 0.2) is 42.5 Å². The van der Waals surface area contributed by atoms with Crippen LogP contribution in [0.3, 0.4) is 0 Å². The molecule has 0 aliphatic carbocycles. The molecule has 2 aromatic carbocycles. The first kappa shape index (κ1) is 11.4. The minimum atomic E-state index is -0.280. The molecule has 0 bridgehead atoms. The predicted molar refractivity (Wildman–Crippen MR) is 73.8 cm³/mol. The minimum Gasteiger partial charge on any atom is -0.383 e. The molecule has 0 radical (unpaired) electrons. The molecule has 0 atom stereocenters. The molecule has 3 rings (SSSR count). The Hall–Kier alpha value is -2.69. The third-order valence-corrected chi connectivity index (χ3v) is 2.92. The van der Waals surface area contributed by atoms with E-state index < -0.39 is 0 Å². The number of nitrogen functional groups attached to an aromatic ring is 2. The predicted octanol–water partition coefficient (Wildman–Crippen LogP) is 2.60. The summed E-state index contributed by atoms with van der Waals surface area (Å²) in [4.78, 5) is 8.13. The number of rotatable bonds is 1. The Morgan fingerprint density at radius 3 is 2.37 bits per heavy atom. The molecule has 0 aliphatic rings. The fourth-order valence-electron chi connectivity index (χ4n) is 2.10. The van der Waals surface area contributed by atoms with Crippen LogP contribution in [-0.2, 0) is 0 Å². The van der Waals surface area contributed by atoms with E-state index in [4.69, 9.17) is 11.5 Å². The molecule has 3 aromatic rings. The van der Waals surface area contributed by atoms with Gasteiger partial charge in [-0.25, -0.2) is 9.37 Å². The van der Waals surface area contributed by atoms with Gasteiger partial charge in [0.15, 0.2) is 0 Å². The van der Waals surface area contributed by atoms with Crippen LogP contribution in [0.1, 0.15) is 0 Å². The van der Waals surface area contributed by atoms with Crippen molar-refractivity contribution in [1.29, 1.82) is 0 Å². The molecule has 0 saturated carbocycles. The van der Waals surface area contributed by atoms with Crippen molar-refractivity contribution in [3.8, 4) is 11.1 Å². The highest BCUT2D eigenvalue weighted by atomic mass is 19.1. The normalized spacial score (nSPS) is 10.8. The molecular formula is C14H11FN4. The second-order valence-corrected chi connectivity index (χ2v) is 4.17. The Labute approximate surface area is 108 Å². The molecule has 0 unspecified atom stereocenters. The van der Waals surface area contributed by atoms with Gasteiger partial charge in [-0.3, -0.25) is 0 Å². The molecule has 1 aromatic heterocycles. The van der Waals surface area contributed by atoms with Crippen LogP contribution in [0, 0.1) is 5.82 Å². The maximum atomic E-state index is 13.0. The number of halogens is 1. The molecule has 0 saturated heterocycles. The van der Waals surface area contributed by atoms with Crippen molar-refractivity contribution in [3.63, 3.8) is 0 Å². The zero-order valence-electron chi connectivity index (χ0n) is 9.97. The Morgan fingerprint density at radius 2 is 1.63 bits per heavy atom. The molecule has 0 fully saturated rings. The van der Waals surface area contributed by atoms with Gasteiger partial charge in [-0.15, -0.1) is 0 Å². The van der Waals surface area contributed by atoms with Gasteiger partial charge < -0.3 is 11.5 Å². The summed E-state index contributed by atoms with van der Waals surface area (Å²) < 4.78 is 13.0. The van der Waals surface area contributed by atoms with Gasteiger partial charge in [0.05, 0.1) is 10.9 Å². The summed E-state index contributed by atoms with van der Waals surface area (Å²) in [6.45, 7) is 0. The number of fused-ring (bicyclic) bond motifs is 1. The third kappa shape index (κ3) is 1.95. The Morgan fingerprint density at radius 1 is 0.895 bits per heavy atom. The van der Waals surface area contributed by atoms with Crippen molar-refractivity contribution >= 4 is 22.7 Å². The van der Waals surface area contributed by atoms with Crippen LogP contribution < -0.4 is 11.5 Å². The first-order chi connectivity index (χ1) is 9.15. The Bertz CT molecular complexity index is 753. The number of hydrogen-bond acceptors (Lipinski definition) is 4. The van der Waals surface area contributed by atoms with E-state index >= 15 is 0 Å². The monoisotopic (exact) mass is 254 g/mol. The van der Waals surface area contributed by atoms with E-state index in [0.717, 1.165) is 16.5 Å². The van der Waals surface area contributed by atoms with Gasteiger partial charge in [-0.2, -0.15) is 4.98 Å². The zero-order chi connectivity index (χ0) is 13.4. The summed E-state index contributed by atoms with van der Waals surface area (Å²) >= 11 is 0. The second kappa shape index (κ2) is 4.20. The van der Waals surface area contributed by atoms with Gasteiger partial charge in [0.25, 0.3) is 0 Å². The van der Waals surface area contributed by atoms with E-state index in [1.165, 1.54) is 12.1 Å². The highest BCUT2D eigenvalue weighted by Crippen LogP contribution is 2.31. The molecule has 0 amide bonds. The number of hydrogen-bond donors (Lipinski definition) is 2. The second-order valence-electron chi connectivity index (χ2n) is 4.17. The van der Waals surface area contributed by atoms with E-state index in [1.54, 1.807) is 12.1 Å². The van der Waals surface area contributed by atoms with Crippen LogP contribution in [0.25, 0.3) is 22.0 Å². The van der Waals surface area contributed by atoms with Crippen molar-refractivity contribution in [1.82, 2.24) is 9.97 Å². The molecular weight excluding hydrogens is 243 g/mol. The lowest BCUT2D eigenvalue weighted by Crippen LogP contribution is -2.01. The Kier molecular flexibility index (Phi) is 2.52. The third-order valence-electron chi connectivity index (χ3n) is 2.92. The first-order valence-corrected chi connectivity index (χ1v) is 5.73. The van der Waals surface area contributed by atoms with Crippen molar-refractivity contribution in [3.05, 3.63) is 48.3 Å². The van der Waals surface area contributed by atoms with E-state index in [2.05, 4.69) is 9.97 Å². The van der Waals surface area contributed by atoms with Gasteiger partial charge in [0.1, 0.15) is 11.6 Å². The first-order valence-electron chi connectivity index (χ1n) is 5.73. The summed E-state index contributed by atoms with van der Waals surface area (Å²) in [5.41, 5.74) is 13.9. The fraction of sp³-hybridized carbons (Fsp3) is 0. The number of aromatic nitrogens is 2. The fourth-order valence-corrected chi connectivity index (χ4v) is 2.10. The SMILES string of the molecule is Nc1nc(N)c2c(-c3ccc(F)cc3)cccc2n1. The lowest BCUT2D eigenvalue weighted by molar-refractivity contribution is 0.628. The Balaban J connectivity index is 2.32. The van der Waals surface area contributed by atoms with Gasteiger partial charge in [-0.05, 0) is 29.3 Å². The molecule has 19 heavy (non-hydrogen) atoms. The average Bonchev–Trinajstić information content (AvgIpc) is 2.38. The standard InChI is InChI=1S/C14H11FN4/c15-9-6-4-8(5-7-9)10-2-1-3-11-12(10)13(16)19-14(17)18-11/h1-7H,(H4,16,17,18,19).